The number of fused-ring (bicyclic) bond motifs is 1. The van der Waals surface area contributed by atoms with Crippen LogP contribution >= 0.6 is 0 Å². The highest BCUT2D eigenvalue weighted by Crippen LogP contribution is 2.32. The zero-order valence-electron chi connectivity index (χ0n) is 18.2. The first kappa shape index (κ1) is 22.3. The summed E-state index contributed by atoms with van der Waals surface area (Å²) in [6, 6.07) is 18.7. The Bertz CT molecular complexity index is 1300. The van der Waals surface area contributed by atoms with Crippen molar-refractivity contribution in [3.8, 4) is 11.5 Å². The second-order valence-electron chi connectivity index (χ2n) is 7.57. The molecule has 3 aromatic carbocycles. The molecule has 1 N–H and O–H groups in total. The number of nitrogens with one attached hydrogen (secondary N) is 1. The summed E-state index contributed by atoms with van der Waals surface area (Å²) in [6.45, 7) is 3.46. The lowest BCUT2D eigenvalue weighted by molar-refractivity contribution is -0.119. The van der Waals surface area contributed by atoms with Crippen LogP contribution < -0.4 is 19.2 Å². The smallest absolute Gasteiger partial charge is 0.264 e. The van der Waals surface area contributed by atoms with E-state index in [1.165, 1.54) is 18.3 Å². The minimum Gasteiger partial charge on any atom is -0.454 e. The molecule has 170 valence electrons. The topological polar surface area (TPSA) is 97.3 Å². The third kappa shape index (κ3) is 5.15. The van der Waals surface area contributed by atoms with Gasteiger partial charge in [0.1, 0.15) is 6.54 Å². The van der Waals surface area contributed by atoms with Gasteiger partial charge in [0.25, 0.3) is 15.9 Å². The predicted octanol–water partition coefficient (Wildman–Crippen LogP) is 3.38. The first-order valence-corrected chi connectivity index (χ1v) is 11.6. The van der Waals surface area contributed by atoms with Crippen LogP contribution in [0.1, 0.15) is 16.7 Å². The van der Waals surface area contributed by atoms with Crippen molar-refractivity contribution < 1.29 is 22.7 Å². The van der Waals surface area contributed by atoms with E-state index < -0.39 is 22.5 Å². The van der Waals surface area contributed by atoms with Gasteiger partial charge in [-0.3, -0.25) is 9.10 Å². The number of benzene rings is 3. The van der Waals surface area contributed by atoms with Crippen LogP contribution in [0.5, 0.6) is 11.5 Å². The molecule has 4 rings (SSSR count). The number of ether oxygens (including phenoxy) is 2. The summed E-state index contributed by atoms with van der Waals surface area (Å²) in [4.78, 5) is 12.7. The molecule has 33 heavy (non-hydrogen) atoms. The molecule has 0 saturated carbocycles. The van der Waals surface area contributed by atoms with Gasteiger partial charge in [-0.05, 0) is 67.4 Å². The van der Waals surface area contributed by atoms with Crippen LogP contribution in [0.4, 0.5) is 5.69 Å². The van der Waals surface area contributed by atoms with Crippen molar-refractivity contribution in [1.82, 2.24) is 5.43 Å². The van der Waals surface area contributed by atoms with Gasteiger partial charge in [-0.15, -0.1) is 0 Å². The van der Waals surface area contributed by atoms with E-state index in [0.717, 1.165) is 15.4 Å². The summed E-state index contributed by atoms with van der Waals surface area (Å²) in [5.41, 5.74) is 5.30. The largest absolute Gasteiger partial charge is 0.454 e. The molecule has 0 fully saturated rings. The van der Waals surface area contributed by atoms with Crippen molar-refractivity contribution in [2.75, 3.05) is 17.6 Å². The van der Waals surface area contributed by atoms with Crippen LogP contribution in [-0.2, 0) is 14.8 Å². The Balaban J connectivity index is 1.53. The molecule has 0 aliphatic carbocycles. The monoisotopic (exact) mass is 465 g/mol. The second kappa shape index (κ2) is 9.33. The van der Waals surface area contributed by atoms with E-state index in [1.807, 2.05) is 19.9 Å². The van der Waals surface area contributed by atoms with Crippen LogP contribution in [0.25, 0.3) is 0 Å². The fourth-order valence-corrected chi connectivity index (χ4v) is 4.69. The van der Waals surface area contributed by atoms with E-state index in [-0.39, 0.29) is 11.7 Å². The third-order valence-electron chi connectivity index (χ3n) is 4.99. The van der Waals surface area contributed by atoms with Crippen molar-refractivity contribution in [1.29, 1.82) is 0 Å². The van der Waals surface area contributed by atoms with Crippen molar-refractivity contribution in [3.63, 3.8) is 0 Å². The molecular weight excluding hydrogens is 442 g/mol. The quantitative estimate of drug-likeness (QED) is 0.426. The third-order valence-corrected chi connectivity index (χ3v) is 6.77. The summed E-state index contributed by atoms with van der Waals surface area (Å²) < 4.78 is 38.4. The Kier molecular flexibility index (Phi) is 6.32. The minimum atomic E-state index is -3.98. The average molecular weight is 466 g/mol. The predicted molar refractivity (Wildman–Crippen MR) is 125 cm³/mol. The molecular formula is C24H23N3O5S. The molecule has 0 radical (unpaired) electrons. The molecule has 0 spiro atoms. The van der Waals surface area contributed by atoms with E-state index in [1.54, 1.807) is 48.5 Å². The maximum Gasteiger partial charge on any atom is 0.264 e. The highest BCUT2D eigenvalue weighted by Gasteiger charge is 2.27. The van der Waals surface area contributed by atoms with E-state index in [9.17, 15) is 13.2 Å². The summed E-state index contributed by atoms with van der Waals surface area (Å²) in [5, 5.41) is 3.96. The number of aryl methyl sites for hydroxylation is 2. The lowest BCUT2D eigenvalue weighted by Gasteiger charge is -2.24. The lowest BCUT2D eigenvalue weighted by Crippen LogP contribution is -2.39. The Morgan fingerprint density at radius 3 is 2.52 bits per heavy atom. The Morgan fingerprint density at radius 1 is 1.00 bits per heavy atom. The van der Waals surface area contributed by atoms with Gasteiger partial charge in [-0.2, -0.15) is 5.10 Å². The highest BCUT2D eigenvalue weighted by molar-refractivity contribution is 7.92. The van der Waals surface area contributed by atoms with Crippen LogP contribution in [0.15, 0.2) is 76.7 Å². The maximum atomic E-state index is 13.4. The molecule has 0 aromatic heterocycles. The minimum absolute atomic E-state index is 0.103. The number of hydrazone groups is 1. The average Bonchev–Trinajstić information content (AvgIpc) is 3.25. The molecule has 0 atom stereocenters. The van der Waals surface area contributed by atoms with Crippen LogP contribution in [0.2, 0.25) is 0 Å². The van der Waals surface area contributed by atoms with Crippen molar-refractivity contribution >= 4 is 27.8 Å². The van der Waals surface area contributed by atoms with Gasteiger partial charge in [-0.1, -0.05) is 29.8 Å². The zero-order valence-corrected chi connectivity index (χ0v) is 19.0. The Morgan fingerprint density at radius 2 is 1.76 bits per heavy atom. The molecule has 1 aliphatic rings. The fraction of sp³-hybridized carbons (Fsp3) is 0.167. The van der Waals surface area contributed by atoms with E-state index >= 15 is 0 Å². The van der Waals surface area contributed by atoms with E-state index in [2.05, 4.69) is 10.5 Å². The number of hydrogen-bond donors (Lipinski definition) is 1. The van der Waals surface area contributed by atoms with Crippen LogP contribution in [-0.4, -0.2) is 33.9 Å². The standard InChI is InChI=1S/C24H23N3O5S/c1-17-6-9-21(10-7-17)33(29,30)27(20-5-3-4-18(2)12-20)15-24(28)26-25-14-19-8-11-22-23(13-19)32-16-31-22/h3-14H,15-16H2,1-2H3,(H,26,28)/b25-14-. The van der Waals surface area contributed by atoms with Crippen LogP contribution in [0, 0.1) is 13.8 Å². The summed E-state index contributed by atoms with van der Waals surface area (Å²) in [7, 11) is -3.98. The number of sulfonamides is 1. The van der Waals surface area contributed by atoms with Gasteiger partial charge in [-0.25, -0.2) is 13.8 Å². The van der Waals surface area contributed by atoms with E-state index in [4.69, 9.17) is 9.47 Å². The van der Waals surface area contributed by atoms with Gasteiger partial charge < -0.3 is 9.47 Å². The lowest BCUT2D eigenvalue weighted by atomic mass is 10.2. The van der Waals surface area contributed by atoms with Gasteiger partial charge in [0.15, 0.2) is 11.5 Å². The number of carbonyl (C=O) groups is 1. The number of carbonyl (C=O) groups excluding carboxylic acids is 1. The summed E-state index contributed by atoms with van der Waals surface area (Å²) in [5.74, 6) is 0.663. The molecule has 9 heteroatoms. The van der Waals surface area contributed by atoms with Crippen molar-refractivity contribution in [3.05, 3.63) is 83.4 Å². The Hall–Kier alpha value is -3.85. The molecule has 0 unspecified atom stereocenters. The van der Waals surface area contributed by atoms with Crippen molar-refractivity contribution in [2.24, 2.45) is 5.10 Å². The number of amides is 1. The number of anilines is 1. The molecule has 1 amide bonds. The summed E-state index contributed by atoms with van der Waals surface area (Å²) >= 11 is 0. The van der Waals surface area contributed by atoms with Crippen molar-refractivity contribution in [2.45, 2.75) is 18.7 Å². The van der Waals surface area contributed by atoms with Gasteiger partial charge in [0.05, 0.1) is 16.8 Å². The van der Waals surface area contributed by atoms with Gasteiger partial charge >= 0.3 is 0 Å². The fourth-order valence-electron chi connectivity index (χ4n) is 3.27. The number of rotatable bonds is 7. The number of nitrogens with zero attached hydrogens (tertiary/aromatic N) is 2. The zero-order chi connectivity index (χ0) is 23.4. The number of hydrogen-bond acceptors (Lipinski definition) is 6. The normalized spacial score (nSPS) is 12.7. The summed E-state index contributed by atoms with van der Waals surface area (Å²) in [6.07, 6.45) is 1.45. The molecule has 8 nitrogen and oxygen atoms in total. The van der Waals surface area contributed by atoms with E-state index in [0.29, 0.717) is 22.7 Å². The Labute approximate surface area is 192 Å². The SMILES string of the molecule is Cc1ccc(S(=O)(=O)N(CC(=O)N/N=C\c2ccc3c(c2)OCO3)c2cccc(C)c2)cc1. The molecule has 1 heterocycles. The first-order valence-electron chi connectivity index (χ1n) is 10.2. The molecule has 3 aromatic rings. The van der Waals surface area contributed by atoms with Crippen LogP contribution in [0.3, 0.4) is 0 Å². The van der Waals surface area contributed by atoms with Gasteiger partial charge in [0.2, 0.25) is 6.79 Å². The first-order chi connectivity index (χ1) is 15.8. The second-order valence-corrected chi connectivity index (χ2v) is 9.43. The van der Waals surface area contributed by atoms with Gasteiger partial charge in [0, 0.05) is 0 Å². The maximum absolute atomic E-state index is 13.4. The molecule has 1 aliphatic heterocycles. The molecule has 0 saturated heterocycles. The highest BCUT2D eigenvalue weighted by atomic mass is 32.2. The molecule has 0 bridgehead atoms.